The summed E-state index contributed by atoms with van der Waals surface area (Å²) >= 11 is 6.17. The largest absolute Gasteiger partial charge is 0.505 e. The van der Waals surface area contributed by atoms with E-state index in [2.05, 4.69) is 20.7 Å². The van der Waals surface area contributed by atoms with Gasteiger partial charge in [-0.3, -0.25) is 19.2 Å². The molecular weight excluding hydrogens is 773 g/mol. The monoisotopic (exact) mass is 806 g/mol. The zero-order chi connectivity index (χ0) is 40.4. The molecule has 0 unspecified atom stereocenters. The Kier molecular flexibility index (Phi) is 9.52. The lowest BCUT2D eigenvalue weighted by Crippen LogP contribution is -2.47. The van der Waals surface area contributed by atoms with Gasteiger partial charge in [0.25, 0.3) is 11.5 Å². The molecule has 1 fully saturated rings. The van der Waals surface area contributed by atoms with Gasteiger partial charge in [0.15, 0.2) is 11.5 Å². The van der Waals surface area contributed by atoms with Crippen molar-refractivity contribution in [1.82, 2.24) is 34.4 Å². The highest BCUT2D eigenvalue weighted by Crippen LogP contribution is 2.48. The predicted molar refractivity (Wildman–Crippen MR) is 196 cm³/mol. The lowest BCUT2D eigenvalue weighted by molar-refractivity contribution is -0.137. The highest BCUT2D eigenvalue weighted by Gasteiger charge is 2.50. The van der Waals surface area contributed by atoms with Gasteiger partial charge in [-0.05, 0) is 67.3 Å². The summed E-state index contributed by atoms with van der Waals surface area (Å²) in [4.78, 5) is 64.0. The van der Waals surface area contributed by atoms with Gasteiger partial charge in [0.05, 0.1) is 52.9 Å². The number of amides is 3. The minimum absolute atomic E-state index is 0.00683. The van der Waals surface area contributed by atoms with E-state index in [0.29, 0.717) is 23.9 Å². The highest BCUT2D eigenvalue weighted by atomic mass is 35.5. The first-order chi connectivity index (χ1) is 27.1. The van der Waals surface area contributed by atoms with Crippen LogP contribution in [0.25, 0.3) is 17.2 Å². The van der Waals surface area contributed by atoms with Crippen LogP contribution in [0, 0.1) is 0 Å². The van der Waals surface area contributed by atoms with Crippen LogP contribution in [-0.4, -0.2) is 71.6 Å². The minimum Gasteiger partial charge on any atom is -0.505 e. The van der Waals surface area contributed by atoms with Gasteiger partial charge in [-0.1, -0.05) is 23.7 Å². The van der Waals surface area contributed by atoms with Crippen LogP contribution in [0.4, 0.5) is 18.9 Å². The summed E-state index contributed by atoms with van der Waals surface area (Å²) in [5.74, 6) is -1.55. The van der Waals surface area contributed by atoms with Crippen LogP contribution in [0.5, 0.6) is 5.75 Å². The Hall–Kier alpha value is -5.85. The number of benzene rings is 2. The van der Waals surface area contributed by atoms with E-state index in [1.54, 1.807) is 13.0 Å². The zero-order valence-corrected chi connectivity index (χ0v) is 31.1. The Bertz CT molecular complexity index is 2530. The lowest BCUT2D eigenvalue weighted by atomic mass is 9.85. The SMILES string of the molecule is CC(=O)N[C@H]1COCc2ccc(-c3nc4n(CC(=O)Nc5ccc(C(F)(F)F)cc5Cl)c5c(c(=O)n4n3)C3(CCN(C(=O)c4ncccc4O)CC3)O[C@@H]5C)cc21. The van der Waals surface area contributed by atoms with Gasteiger partial charge < -0.3 is 34.7 Å². The standard InChI is InChI=1S/C38H34ClF3N8O7/c1-19-32-30(37(57-19)9-12-48(13-10-37)35(55)31-28(52)4-3-11-43-31)34(54)50-36(49(32)16-29(53)45-26-8-7-23(15-25(26)39)38(40,41)42)46-33(47-50)21-5-6-22-17-56-18-27(24(22)14-21)44-20(2)51/h3-8,11,14-15,19,27,52H,9-10,12-13,16-18H2,1-2H3,(H,44,51)(H,45,53)/t19-,27+/m1/s1. The number of nitrogens with one attached hydrogen (secondary N) is 2. The van der Waals surface area contributed by atoms with Gasteiger partial charge in [0.1, 0.15) is 17.9 Å². The molecular formula is C38H34ClF3N8O7. The van der Waals surface area contributed by atoms with E-state index in [4.69, 9.17) is 26.1 Å². The van der Waals surface area contributed by atoms with Crippen LogP contribution < -0.4 is 16.2 Å². The van der Waals surface area contributed by atoms with Crippen molar-refractivity contribution in [3.8, 4) is 17.1 Å². The molecule has 3 aliphatic rings. The molecule has 296 valence electrons. The Morgan fingerprint density at radius 3 is 2.58 bits per heavy atom. The summed E-state index contributed by atoms with van der Waals surface area (Å²) in [6.45, 7) is 3.51. The molecule has 0 aliphatic carbocycles. The zero-order valence-electron chi connectivity index (χ0n) is 30.4. The number of likely N-dealkylation sites (tertiary alicyclic amines) is 1. The molecule has 3 amide bonds. The second kappa shape index (κ2) is 14.3. The number of nitrogens with zero attached hydrogens (tertiary/aromatic N) is 6. The highest BCUT2D eigenvalue weighted by molar-refractivity contribution is 6.33. The summed E-state index contributed by atoms with van der Waals surface area (Å²) in [6.07, 6.45) is -3.65. The third kappa shape index (κ3) is 6.86. The minimum atomic E-state index is -4.65. The van der Waals surface area contributed by atoms with Crippen molar-refractivity contribution >= 4 is 40.8 Å². The molecule has 8 rings (SSSR count). The number of aromatic hydroxyl groups is 1. The fraction of sp³-hybridized carbons (Fsp3) is 0.342. The van der Waals surface area contributed by atoms with Crippen molar-refractivity contribution in [2.75, 3.05) is 25.0 Å². The second-order valence-electron chi connectivity index (χ2n) is 14.1. The van der Waals surface area contributed by atoms with Gasteiger partial charge in [-0.25, -0.2) is 4.98 Å². The van der Waals surface area contributed by atoms with E-state index in [9.17, 15) is 37.5 Å². The van der Waals surface area contributed by atoms with E-state index in [1.165, 1.54) is 34.7 Å². The number of anilines is 1. The van der Waals surface area contributed by atoms with Gasteiger partial charge in [-0.15, -0.1) is 5.10 Å². The molecule has 1 saturated heterocycles. The number of piperidine rings is 1. The summed E-state index contributed by atoms with van der Waals surface area (Å²) in [5.41, 5.74) is -0.182. The molecule has 2 aromatic carbocycles. The van der Waals surface area contributed by atoms with E-state index in [1.807, 2.05) is 12.1 Å². The first-order valence-corrected chi connectivity index (χ1v) is 18.3. The third-order valence-corrected chi connectivity index (χ3v) is 10.8. The number of alkyl halides is 3. The van der Waals surface area contributed by atoms with E-state index < -0.39 is 53.4 Å². The first kappa shape index (κ1) is 38.0. The quantitative estimate of drug-likeness (QED) is 0.214. The number of fused-ring (bicyclic) bond motifs is 4. The van der Waals surface area contributed by atoms with E-state index in [-0.39, 0.29) is 77.8 Å². The van der Waals surface area contributed by atoms with Crippen molar-refractivity contribution in [3.05, 3.63) is 104 Å². The number of halogens is 4. The summed E-state index contributed by atoms with van der Waals surface area (Å²) < 4.78 is 54.8. The van der Waals surface area contributed by atoms with Gasteiger partial charge in [0, 0.05) is 31.8 Å². The maximum Gasteiger partial charge on any atom is 0.416 e. The number of pyridine rings is 1. The van der Waals surface area contributed by atoms with Crippen LogP contribution >= 0.6 is 11.6 Å². The van der Waals surface area contributed by atoms with E-state index in [0.717, 1.165) is 27.8 Å². The Balaban J connectivity index is 1.20. The summed E-state index contributed by atoms with van der Waals surface area (Å²) in [5, 5.41) is 20.0. The van der Waals surface area contributed by atoms with Crippen molar-refractivity contribution in [3.63, 3.8) is 0 Å². The van der Waals surface area contributed by atoms with Crippen molar-refractivity contribution in [1.29, 1.82) is 0 Å². The number of rotatable bonds is 6. The fourth-order valence-corrected chi connectivity index (χ4v) is 8.09. The molecule has 3 N–H and O–H groups in total. The molecule has 0 bridgehead atoms. The maximum absolute atomic E-state index is 14.6. The molecule has 15 nitrogen and oxygen atoms in total. The van der Waals surface area contributed by atoms with Crippen molar-refractivity contribution < 1.29 is 42.1 Å². The normalized spacial score (nSPS) is 18.7. The average molecular weight is 807 g/mol. The van der Waals surface area contributed by atoms with Crippen LogP contribution in [-0.2, 0) is 44.0 Å². The second-order valence-corrected chi connectivity index (χ2v) is 14.5. The molecule has 1 spiro atoms. The Labute approximate surface area is 326 Å². The van der Waals surface area contributed by atoms with Crippen LogP contribution in [0.2, 0.25) is 5.02 Å². The van der Waals surface area contributed by atoms with Crippen LogP contribution in [0.1, 0.15) is 77.3 Å². The maximum atomic E-state index is 14.6. The first-order valence-electron chi connectivity index (χ1n) is 17.9. The molecule has 3 aromatic heterocycles. The van der Waals surface area contributed by atoms with Gasteiger partial charge in [-0.2, -0.15) is 22.7 Å². The molecule has 0 saturated carbocycles. The fourth-order valence-electron chi connectivity index (χ4n) is 7.86. The van der Waals surface area contributed by atoms with Gasteiger partial charge in [0.2, 0.25) is 17.6 Å². The number of carbonyl (C=O) groups excluding carboxylic acids is 3. The Morgan fingerprint density at radius 2 is 1.88 bits per heavy atom. The predicted octanol–water partition coefficient (Wildman–Crippen LogP) is 4.90. The smallest absolute Gasteiger partial charge is 0.416 e. The number of hydrogen-bond acceptors (Lipinski definition) is 10. The van der Waals surface area contributed by atoms with Crippen molar-refractivity contribution in [2.45, 2.75) is 63.8 Å². The summed E-state index contributed by atoms with van der Waals surface area (Å²) in [7, 11) is 0. The molecule has 57 heavy (non-hydrogen) atoms. The summed E-state index contributed by atoms with van der Waals surface area (Å²) in [6, 6.07) is 10.4. The number of ether oxygens (including phenoxy) is 2. The van der Waals surface area contributed by atoms with Gasteiger partial charge >= 0.3 is 6.18 Å². The number of hydrogen-bond donors (Lipinski definition) is 3. The Morgan fingerprint density at radius 1 is 1.11 bits per heavy atom. The van der Waals surface area contributed by atoms with Crippen LogP contribution in [0.3, 0.4) is 0 Å². The lowest BCUT2D eigenvalue weighted by Gasteiger charge is -2.39. The topological polar surface area (TPSA) is 182 Å². The third-order valence-electron chi connectivity index (χ3n) is 10.4. The van der Waals surface area contributed by atoms with E-state index >= 15 is 0 Å². The molecule has 19 heteroatoms. The van der Waals surface area contributed by atoms with Crippen molar-refractivity contribution in [2.24, 2.45) is 0 Å². The molecule has 0 radical (unpaired) electrons. The molecule has 3 aliphatic heterocycles. The number of carbonyl (C=O) groups is 3. The van der Waals surface area contributed by atoms with Crippen LogP contribution in [0.15, 0.2) is 59.5 Å². The molecule has 2 atom stereocenters. The average Bonchev–Trinajstić information content (AvgIpc) is 3.74. The molecule has 5 aromatic rings. The number of aromatic nitrogens is 5. The molecule has 6 heterocycles.